The minimum atomic E-state index is 0.945. The van der Waals surface area contributed by atoms with Gasteiger partial charge in [-0.2, -0.15) is 0 Å². The van der Waals surface area contributed by atoms with Gasteiger partial charge in [0.05, 0.1) is 0 Å². The van der Waals surface area contributed by atoms with Gasteiger partial charge in [-0.1, -0.05) is 12.2 Å². The van der Waals surface area contributed by atoms with Crippen LogP contribution < -0.4 is 0 Å². The first-order valence-electron chi connectivity index (χ1n) is 3.72. The molecule has 0 saturated carbocycles. The Morgan fingerprint density at radius 3 is 3.36 bits per heavy atom. The van der Waals surface area contributed by atoms with Crippen molar-refractivity contribution in [3.05, 3.63) is 35.8 Å². The molecule has 2 aliphatic rings. The normalized spacial score (nSPS) is 21.0. The van der Waals surface area contributed by atoms with Crippen molar-refractivity contribution in [3.63, 3.8) is 0 Å². The smallest absolute Gasteiger partial charge is 0.132 e. The number of fused-ring (bicyclic) bond motifs is 1. The molecule has 0 fully saturated rings. The molecule has 0 atom stereocenters. The van der Waals surface area contributed by atoms with E-state index in [1.807, 2.05) is 18.4 Å². The van der Waals surface area contributed by atoms with Crippen LogP contribution in [0.4, 0.5) is 0 Å². The molecular formula is C9H10N2. The van der Waals surface area contributed by atoms with E-state index in [2.05, 4.69) is 29.1 Å². The second kappa shape index (κ2) is 2.38. The van der Waals surface area contributed by atoms with Gasteiger partial charge in [-0.3, -0.25) is 0 Å². The van der Waals surface area contributed by atoms with Crippen molar-refractivity contribution in [1.82, 2.24) is 4.90 Å². The van der Waals surface area contributed by atoms with Crippen LogP contribution in [0.15, 0.2) is 40.8 Å². The van der Waals surface area contributed by atoms with Gasteiger partial charge in [-0.05, 0) is 18.6 Å². The summed E-state index contributed by atoms with van der Waals surface area (Å²) in [5, 5.41) is 0. The van der Waals surface area contributed by atoms with Crippen LogP contribution in [0.25, 0.3) is 0 Å². The predicted molar refractivity (Wildman–Crippen MR) is 46.2 cm³/mol. The van der Waals surface area contributed by atoms with E-state index < -0.39 is 0 Å². The third kappa shape index (κ3) is 1.11. The van der Waals surface area contributed by atoms with Crippen molar-refractivity contribution < 1.29 is 0 Å². The van der Waals surface area contributed by atoms with Gasteiger partial charge in [0.25, 0.3) is 0 Å². The molecule has 2 aliphatic heterocycles. The molecule has 0 unspecified atom stereocenters. The average molecular weight is 146 g/mol. The summed E-state index contributed by atoms with van der Waals surface area (Å²) < 4.78 is 0. The van der Waals surface area contributed by atoms with Crippen LogP contribution in [0, 0.1) is 0 Å². The summed E-state index contributed by atoms with van der Waals surface area (Å²) in [6.07, 6.45) is 10.2. The Bertz CT molecular complexity index is 282. The Hall–Kier alpha value is -1.31. The molecule has 0 bridgehead atoms. The van der Waals surface area contributed by atoms with Crippen molar-refractivity contribution in [2.45, 2.75) is 6.92 Å². The molecule has 0 aromatic heterocycles. The molecule has 11 heavy (non-hydrogen) atoms. The molecule has 0 amide bonds. The van der Waals surface area contributed by atoms with Gasteiger partial charge in [-0.25, -0.2) is 4.99 Å². The maximum absolute atomic E-state index is 4.27. The molecule has 2 heterocycles. The molecule has 0 N–H and O–H groups in total. The largest absolute Gasteiger partial charge is 0.329 e. The number of hydrogen-bond acceptors (Lipinski definition) is 2. The topological polar surface area (TPSA) is 15.6 Å². The molecule has 0 spiro atoms. The second-order valence-electron chi connectivity index (χ2n) is 2.74. The van der Waals surface area contributed by atoms with Gasteiger partial charge in [0.1, 0.15) is 5.82 Å². The maximum atomic E-state index is 4.27. The third-order valence-corrected chi connectivity index (χ3v) is 1.74. The molecule has 2 rings (SSSR count). The van der Waals surface area contributed by atoms with Gasteiger partial charge in [-0.15, -0.1) is 0 Å². The number of rotatable bonds is 0. The van der Waals surface area contributed by atoms with Crippen LogP contribution in [-0.2, 0) is 0 Å². The van der Waals surface area contributed by atoms with E-state index >= 15 is 0 Å². The van der Waals surface area contributed by atoms with Gasteiger partial charge in [0.15, 0.2) is 0 Å². The summed E-state index contributed by atoms with van der Waals surface area (Å²) >= 11 is 0. The Balaban J connectivity index is 2.33. The lowest BCUT2D eigenvalue weighted by atomic mass is 10.2. The van der Waals surface area contributed by atoms with Crippen LogP contribution in [0.3, 0.4) is 0 Å². The van der Waals surface area contributed by atoms with Crippen LogP contribution in [-0.4, -0.2) is 17.7 Å². The average Bonchev–Trinajstić information content (AvgIpc) is 2.04. The minimum Gasteiger partial charge on any atom is -0.329 e. The second-order valence-corrected chi connectivity index (χ2v) is 2.74. The van der Waals surface area contributed by atoms with E-state index in [4.69, 9.17) is 0 Å². The van der Waals surface area contributed by atoms with E-state index in [1.54, 1.807) is 0 Å². The summed E-state index contributed by atoms with van der Waals surface area (Å²) in [6, 6.07) is 0. The monoisotopic (exact) mass is 146 g/mol. The number of hydrogen-bond donors (Lipinski definition) is 0. The summed E-state index contributed by atoms with van der Waals surface area (Å²) in [5.41, 5.74) is 1.21. The van der Waals surface area contributed by atoms with E-state index in [0.29, 0.717) is 0 Å². The van der Waals surface area contributed by atoms with Crippen molar-refractivity contribution in [1.29, 1.82) is 0 Å². The van der Waals surface area contributed by atoms with Gasteiger partial charge < -0.3 is 4.90 Å². The zero-order valence-electron chi connectivity index (χ0n) is 6.49. The molecule has 0 aromatic carbocycles. The summed E-state index contributed by atoms with van der Waals surface area (Å²) in [5.74, 6) is 1.04. The van der Waals surface area contributed by atoms with E-state index in [1.165, 1.54) is 5.57 Å². The highest BCUT2D eigenvalue weighted by Gasteiger charge is 2.09. The van der Waals surface area contributed by atoms with Crippen molar-refractivity contribution >= 4 is 6.21 Å². The van der Waals surface area contributed by atoms with Crippen LogP contribution >= 0.6 is 0 Å². The van der Waals surface area contributed by atoms with Crippen molar-refractivity contribution in [2.24, 2.45) is 4.99 Å². The van der Waals surface area contributed by atoms with Gasteiger partial charge in [0, 0.05) is 19.0 Å². The molecule has 56 valence electrons. The van der Waals surface area contributed by atoms with E-state index in [9.17, 15) is 0 Å². The summed E-state index contributed by atoms with van der Waals surface area (Å²) in [4.78, 5) is 6.41. The Morgan fingerprint density at radius 2 is 2.45 bits per heavy atom. The first-order chi connectivity index (χ1) is 5.36. The quantitative estimate of drug-likeness (QED) is 0.507. The lowest BCUT2D eigenvalue weighted by molar-refractivity contribution is 0.498. The molecule has 0 radical (unpaired) electrons. The molecular weight excluding hydrogens is 136 g/mol. The highest BCUT2D eigenvalue weighted by Crippen LogP contribution is 2.16. The minimum absolute atomic E-state index is 0.945. The fraction of sp³-hybridized carbons (Fsp3) is 0.222. The Morgan fingerprint density at radius 1 is 1.55 bits per heavy atom. The number of aliphatic imine (C=N–C) groups is 1. The van der Waals surface area contributed by atoms with Crippen LogP contribution in [0.1, 0.15) is 6.92 Å². The number of allylic oxidation sites excluding steroid dienone is 3. The summed E-state index contributed by atoms with van der Waals surface area (Å²) in [6.45, 7) is 3.00. The fourth-order valence-electron chi connectivity index (χ4n) is 1.20. The van der Waals surface area contributed by atoms with Crippen molar-refractivity contribution in [3.8, 4) is 0 Å². The van der Waals surface area contributed by atoms with Crippen molar-refractivity contribution in [2.75, 3.05) is 6.54 Å². The lowest BCUT2D eigenvalue weighted by Crippen LogP contribution is -2.20. The Kier molecular flexibility index (Phi) is 1.39. The van der Waals surface area contributed by atoms with E-state index in [0.717, 1.165) is 12.4 Å². The lowest BCUT2D eigenvalue weighted by Gasteiger charge is -2.24. The number of nitrogens with zero attached hydrogens (tertiary/aromatic N) is 2. The standard InChI is InChI=1S/C9H10N2/c1-8-6-10-9-4-2-3-5-11(9)7-8/h2-4,6-7H,5H2,1H3. The van der Waals surface area contributed by atoms with E-state index in [-0.39, 0.29) is 0 Å². The first-order valence-corrected chi connectivity index (χ1v) is 3.72. The van der Waals surface area contributed by atoms with Gasteiger partial charge in [0.2, 0.25) is 0 Å². The first kappa shape index (κ1) is 6.40. The molecule has 2 heteroatoms. The molecule has 0 saturated heterocycles. The fourth-order valence-corrected chi connectivity index (χ4v) is 1.20. The van der Waals surface area contributed by atoms with Crippen LogP contribution in [0.5, 0.6) is 0 Å². The zero-order valence-corrected chi connectivity index (χ0v) is 6.49. The summed E-state index contributed by atoms with van der Waals surface area (Å²) in [7, 11) is 0. The zero-order chi connectivity index (χ0) is 7.68. The highest BCUT2D eigenvalue weighted by molar-refractivity contribution is 5.79. The van der Waals surface area contributed by atoms with Crippen LogP contribution in [0.2, 0.25) is 0 Å². The highest BCUT2D eigenvalue weighted by atomic mass is 15.2. The molecule has 0 aromatic rings. The third-order valence-electron chi connectivity index (χ3n) is 1.74. The molecule has 0 aliphatic carbocycles. The molecule has 2 nitrogen and oxygen atoms in total. The maximum Gasteiger partial charge on any atom is 0.132 e. The Labute approximate surface area is 66.2 Å². The predicted octanol–water partition coefficient (Wildman–Crippen LogP) is 1.69. The SMILES string of the molecule is CC1=CN2CC=CC=C2N=C1. The van der Waals surface area contributed by atoms with Gasteiger partial charge >= 0.3 is 0 Å².